The summed E-state index contributed by atoms with van der Waals surface area (Å²) in [6.07, 6.45) is 1.88. The molecule has 0 bridgehead atoms. The van der Waals surface area contributed by atoms with Crippen LogP contribution in [0.3, 0.4) is 0 Å². The Hall–Kier alpha value is -2.63. The number of ether oxygens (including phenoxy) is 2. The van der Waals surface area contributed by atoms with Gasteiger partial charge in [0.05, 0.1) is 6.61 Å². The van der Waals surface area contributed by atoms with Crippen LogP contribution in [0.2, 0.25) is 0 Å². The lowest BCUT2D eigenvalue weighted by atomic mass is 10.1. The molecule has 0 aliphatic rings. The van der Waals surface area contributed by atoms with Gasteiger partial charge in [-0.05, 0) is 25.0 Å². The molecule has 0 atom stereocenters. The molecule has 6 heteroatoms. The summed E-state index contributed by atoms with van der Waals surface area (Å²) >= 11 is 0. The number of hydrogen-bond donors (Lipinski definition) is 1. The van der Waals surface area contributed by atoms with Gasteiger partial charge in [0.2, 0.25) is 0 Å². The molecule has 118 valence electrons. The minimum Gasteiger partial charge on any atom is -0.463 e. The van der Waals surface area contributed by atoms with Gasteiger partial charge in [-0.1, -0.05) is 24.3 Å². The van der Waals surface area contributed by atoms with Crippen molar-refractivity contribution in [1.82, 2.24) is 5.32 Å². The largest absolute Gasteiger partial charge is 0.463 e. The average molecular weight is 305 g/mol. The third-order valence-electron chi connectivity index (χ3n) is 2.72. The molecular formula is C16H19NO5. The molecule has 0 radical (unpaired) electrons. The lowest BCUT2D eigenvalue weighted by Crippen LogP contribution is -2.28. The van der Waals surface area contributed by atoms with Crippen molar-refractivity contribution in [2.24, 2.45) is 0 Å². The Morgan fingerprint density at radius 1 is 1.09 bits per heavy atom. The van der Waals surface area contributed by atoms with Crippen LogP contribution in [-0.2, 0) is 30.4 Å². The van der Waals surface area contributed by atoms with Crippen LogP contribution >= 0.6 is 0 Å². The maximum absolute atomic E-state index is 11.6. The van der Waals surface area contributed by atoms with E-state index in [1.807, 2.05) is 31.2 Å². The van der Waals surface area contributed by atoms with Crippen LogP contribution < -0.4 is 5.32 Å². The van der Waals surface area contributed by atoms with Crippen LogP contribution in [-0.4, -0.2) is 31.1 Å². The fourth-order valence-electron chi connectivity index (χ4n) is 1.56. The molecule has 1 aromatic rings. The van der Waals surface area contributed by atoms with Gasteiger partial charge in [0.15, 0.2) is 6.61 Å². The average Bonchev–Trinajstić information content (AvgIpc) is 2.50. The minimum absolute atomic E-state index is 0.222. The van der Waals surface area contributed by atoms with Crippen molar-refractivity contribution in [3.05, 3.63) is 47.5 Å². The molecule has 0 aliphatic heterocycles. The molecule has 1 amide bonds. The second-order valence-electron chi connectivity index (χ2n) is 4.40. The van der Waals surface area contributed by atoms with Crippen molar-refractivity contribution in [2.75, 3.05) is 13.2 Å². The zero-order chi connectivity index (χ0) is 16.4. The van der Waals surface area contributed by atoms with Crippen LogP contribution in [0.1, 0.15) is 18.1 Å². The van der Waals surface area contributed by atoms with Crippen molar-refractivity contribution in [3.8, 4) is 0 Å². The molecule has 0 fully saturated rings. The van der Waals surface area contributed by atoms with E-state index < -0.39 is 24.5 Å². The Bertz CT molecular complexity index is 565. The van der Waals surface area contributed by atoms with Gasteiger partial charge in [0, 0.05) is 18.7 Å². The van der Waals surface area contributed by atoms with Gasteiger partial charge < -0.3 is 14.8 Å². The smallest absolute Gasteiger partial charge is 0.331 e. The first kappa shape index (κ1) is 17.4. The Labute approximate surface area is 129 Å². The monoisotopic (exact) mass is 305 g/mol. The number of hydrogen-bond acceptors (Lipinski definition) is 5. The van der Waals surface area contributed by atoms with Gasteiger partial charge >= 0.3 is 11.9 Å². The third-order valence-corrected chi connectivity index (χ3v) is 2.72. The molecule has 0 aromatic heterocycles. The fraction of sp³-hybridized carbons (Fsp3) is 0.312. The molecule has 0 heterocycles. The summed E-state index contributed by atoms with van der Waals surface area (Å²) in [6, 6.07) is 7.65. The Balaban J connectivity index is 2.30. The molecule has 1 rings (SSSR count). The van der Waals surface area contributed by atoms with Crippen molar-refractivity contribution in [1.29, 1.82) is 0 Å². The van der Waals surface area contributed by atoms with Gasteiger partial charge in [-0.3, -0.25) is 4.79 Å². The summed E-state index contributed by atoms with van der Waals surface area (Å²) in [5.41, 5.74) is 2.06. The van der Waals surface area contributed by atoms with Gasteiger partial charge in [-0.2, -0.15) is 0 Å². The van der Waals surface area contributed by atoms with E-state index >= 15 is 0 Å². The summed E-state index contributed by atoms with van der Waals surface area (Å²) in [5.74, 6) is -1.83. The molecule has 0 aliphatic carbocycles. The van der Waals surface area contributed by atoms with E-state index in [2.05, 4.69) is 10.1 Å². The topological polar surface area (TPSA) is 81.7 Å². The molecule has 0 spiro atoms. The van der Waals surface area contributed by atoms with E-state index in [0.29, 0.717) is 6.54 Å². The highest BCUT2D eigenvalue weighted by molar-refractivity contribution is 5.92. The number of nitrogens with one attached hydrogen (secondary N) is 1. The standard InChI is InChI=1S/C16H19NO5/c1-3-21-15(19)8-9-16(20)22-11-14(18)17-10-13-7-5-4-6-12(13)2/h4-9H,3,10-11H2,1-2H3,(H,17,18)/b9-8+. The van der Waals surface area contributed by atoms with Crippen LogP contribution in [0.15, 0.2) is 36.4 Å². The van der Waals surface area contributed by atoms with Crippen molar-refractivity contribution >= 4 is 17.8 Å². The normalized spacial score (nSPS) is 10.3. The van der Waals surface area contributed by atoms with Crippen LogP contribution in [0, 0.1) is 6.92 Å². The summed E-state index contributed by atoms with van der Waals surface area (Å²) in [7, 11) is 0. The number of aryl methyl sites for hydroxylation is 1. The maximum atomic E-state index is 11.6. The predicted octanol–water partition coefficient (Wildman–Crippen LogP) is 1.27. The number of amides is 1. The second kappa shape index (κ2) is 9.33. The Kier molecular flexibility index (Phi) is 7.39. The number of carbonyl (C=O) groups excluding carboxylic acids is 3. The molecule has 1 N–H and O–H groups in total. The van der Waals surface area contributed by atoms with E-state index in [1.54, 1.807) is 6.92 Å². The van der Waals surface area contributed by atoms with E-state index in [9.17, 15) is 14.4 Å². The SMILES string of the molecule is CCOC(=O)/C=C/C(=O)OCC(=O)NCc1ccccc1C. The number of esters is 2. The summed E-state index contributed by atoms with van der Waals surface area (Å²) < 4.78 is 9.31. The van der Waals surface area contributed by atoms with Crippen LogP contribution in [0.25, 0.3) is 0 Å². The maximum Gasteiger partial charge on any atom is 0.331 e. The molecule has 22 heavy (non-hydrogen) atoms. The first-order chi connectivity index (χ1) is 10.5. The van der Waals surface area contributed by atoms with Gasteiger partial charge in [-0.25, -0.2) is 9.59 Å². The molecule has 6 nitrogen and oxygen atoms in total. The Morgan fingerprint density at radius 2 is 1.73 bits per heavy atom. The van der Waals surface area contributed by atoms with Crippen LogP contribution in [0.4, 0.5) is 0 Å². The van der Waals surface area contributed by atoms with Gasteiger partial charge in [0.1, 0.15) is 0 Å². The summed E-state index contributed by atoms with van der Waals surface area (Å²) in [6.45, 7) is 3.78. The van der Waals surface area contributed by atoms with Gasteiger partial charge in [0.25, 0.3) is 5.91 Å². The zero-order valence-electron chi connectivity index (χ0n) is 12.6. The fourth-order valence-corrected chi connectivity index (χ4v) is 1.56. The number of carbonyl (C=O) groups is 3. The summed E-state index contributed by atoms with van der Waals surface area (Å²) in [4.78, 5) is 33.8. The van der Waals surface area contributed by atoms with Gasteiger partial charge in [-0.15, -0.1) is 0 Å². The van der Waals surface area contributed by atoms with Crippen molar-refractivity contribution in [2.45, 2.75) is 20.4 Å². The first-order valence-corrected chi connectivity index (χ1v) is 6.85. The van der Waals surface area contributed by atoms with E-state index in [0.717, 1.165) is 23.3 Å². The lowest BCUT2D eigenvalue weighted by molar-refractivity contribution is -0.144. The second-order valence-corrected chi connectivity index (χ2v) is 4.40. The first-order valence-electron chi connectivity index (χ1n) is 6.85. The van der Waals surface area contributed by atoms with Crippen molar-refractivity contribution in [3.63, 3.8) is 0 Å². The zero-order valence-corrected chi connectivity index (χ0v) is 12.6. The molecule has 1 aromatic carbocycles. The van der Waals surface area contributed by atoms with Crippen molar-refractivity contribution < 1.29 is 23.9 Å². The highest BCUT2D eigenvalue weighted by atomic mass is 16.5. The van der Waals surface area contributed by atoms with E-state index in [-0.39, 0.29) is 6.61 Å². The Morgan fingerprint density at radius 3 is 2.36 bits per heavy atom. The van der Waals surface area contributed by atoms with Crippen LogP contribution in [0.5, 0.6) is 0 Å². The highest BCUT2D eigenvalue weighted by Crippen LogP contribution is 2.05. The lowest BCUT2D eigenvalue weighted by Gasteiger charge is -2.07. The molecular weight excluding hydrogens is 286 g/mol. The third kappa shape index (κ3) is 6.69. The molecule has 0 saturated heterocycles. The quantitative estimate of drug-likeness (QED) is 0.606. The molecule has 0 saturated carbocycles. The van der Waals surface area contributed by atoms with E-state index in [4.69, 9.17) is 4.74 Å². The molecule has 0 unspecified atom stereocenters. The highest BCUT2D eigenvalue weighted by Gasteiger charge is 2.06. The number of benzene rings is 1. The minimum atomic E-state index is -0.779. The number of rotatable bonds is 7. The van der Waals surface area contributed by atoms with E-state index in [1.165, 1.54) is 0 Å². The predicted molar refractivity (Wildman–Crippen MR) is 79.8 cm³/mol. The summed E-state index contributed by atoms with van der Waals surface area (Å²) in [5, 5.41) is 2.65.